The number of rotatable bonds is 9. The number of hydroxylamine groups is 1. The van der Waals surface area contributed by atoms with Crippen molar-refractivity contribution in [1.29, 1.82) is 0 Å². The molecule has 0 bridgehead atoms. The molecule has 2 aromatic rings. The molecular weight excluding hydrogens is 495 g/mol. The number of amides is 3. The van der Waals surface area contributed by atoms with E-state index in [1.807, 2.05) is 23.3 Å². The van der Waals surface area contributed by atoms with Crippen molar-refractivity contribution in [3.63, 3.8) is 0 Å². The number of halogens is 2. The van der Waals surface area contributed by atoms with Crippen molar-refractivity contribution in [3.8, 4) is 0 Å². The standard InChI is InChI=1S/C24H32Cl2N4O3S/c1-16-12-20(25)22(21(26)13-16)23(31)27-8-4-17(2)29-9-5-19(6-10-29)30(24(32)28-33-3)14-18-7-11-34-15-18/h7,11-13,15,17,19H,4-6,8-10,14H2,1-3H3,(H,27,31)(H,28,32). The summed E-state index contributed by atoms with van der Waals surface area (Å²) in [5.74, 6) is -0.255. The highest BCUT2D eigenvalue weighted by Crippen LogP contribution is 2.26. The molecule has 7 nitrogen and oxygen atoms in total. The Hall–Kier alpha value is -1.84. The van der Waals surface area contributed by atoms with E-state index < -0.39 is 0 Å². The summed E-state index contributed by atoms with van der Waals surface area (Å²) in [6.45, 7) is 6.91. The third-order valence-electron chi connectivity index (χ3n) is 6.21. The average Bonchev–Trinajstić information content (AvgIpc) is 3.30. The molecule has 1 saturated heterocycles. The van der Waals surface area contributed by atoms with Crippen LogP contribution in [-0.4, -0.2) is 60.6 Å². The van der Waals surface area contributed by atoms with Crippen molar-refractivity contribution in [1.82, 2.24) is 20.6 Å². The van der Waals surface area contributed by atoms with E-state index >= 15 is 0 Å². The largest absolute Gasteiger partial charge is 0.352 e. The van der Waals surface area contributed by atoms with E-state index in [-0.39, 0.29) is 18.0 Å². The van der Waals surface area contributed by atoms with E-state index in [1.54, 1.807) is 23.5 Å². The molecule has 0 aliphatic carbocycles. The van der Waals surface area contributed by atoms with Crippen molar-refractivity contribution in [2.45, 2.75) is 51.7 Å². The van der Waals surface area contributed by atoms with E-state index in [2.05, 4.69) is 28.0 Å². The van der Waals surface area contributed by atoms with Gasteiger partial charge in [-0.3, -0.25) is 9.63 Å². The maximum absolute atomic E-state index is 12.6. The number of nitrogens with one attached hydrogen (secondary N) is 2. The number of thiophene rings is 1. The first-order chi connectivity index (χ1) is 16.3. The van der Waals surface area contributed by atoms with E-state index in [4.69, 9.17) is 28.0 Å². The van der Waals surface area contributed by atoms with Gasteiger partial charge in [-0.2, -0.15) is 11.3 Å². The second-order valence-electron chi connectivity index (χ2n) is 8.64. The van der Waals surface area contributed by atoms with Crippen molar-refractivity contribution >= 4 is 46.5 Å². The summed E-state index contributed by atoms with van der Waals surface area (Å²) in [6, 6.07) is 5.75. The molecule has 0 radical (unpaired) electrons. The molecule has 1 atom stereocenters. The lowest BCUT2D eigenvalue weighted by Crippen LogP contribution is -2.51. The number of carbonyl (C=O) groups excluding carboxylic acids is 2. The number of hydrogen-bond acceptors (Lipinski definition) is 5. The van der Waals surface area contributed by atoms with Gasteiger partial charge in [-0.25, -0.2) is 10.3 Å². The number of benzene rings is 1. The number of piperidine rings is 1. The lowest BCUT2D eigenvalue weighted by molar-refractivity contribution is 0.0565. The smallest absolute Gasteiger partial charge is 0.341 e. The number of aryl methyl sites for hydroxylation is 1. The highest BCUT2D eigenvalue weighted by molar-refractivity contribution is 7.07. The summed E-state index contributed by atoms with van der Waals surface area (Å²) in [5.41, 5.74) is 4.83. The van der Waals surface area contributed by atoms with Gasteiger partial charge in [0.1, 0.15) is 0 Å². The number of hydrogen-bond donors (Lipinski definition) is 2. The van der Waals surface area contributed by atoms with Crippen LogP contribution in [0.5, 0.6) is 0 Å². The van der Waals surface area contributed by atoms with Crippen LogP contribution in [0.3, 0.4) is 0 Å². The third-order valence-corrected chi connectivity index (χ3v) is 7.54. The second kappa shape index (κ2) is 12.7. The fraction of sp³-hybridized carbons (Fsp3) is 0.500. The maximum atomic E-state index is 12.6. The summed E-state index contributed by atoms with van der Waals surface area (Å²) < 4.78 is 0. The Bertz CT molecular complexity index is 942. The maximum Gasteiger partial charge on any atom is 0.341 e. The molecule has 3 amide bonds. The predicted octanol–water partition coefficient (Wildman–Crippen LogP) is 5.11. The quantitative estimate of drug-likeness (QED) is 0.445. The van der Waals surface area contributed by atoms with E-state index in [0.29, 0.717) is 34.7 Å². The number of urea groups is 1. The van der Waals surface area contributed by atoms with Crippen LogP contribution in [0, 0.1) is 6.92 Å². The van der Waals surface area contributed by atoms with Crippen molar-refractivity contribution in [2.24, 2.45) is 0 Å². The van der Waals surface area contributed by atoms with Gasteiger partial charge in [0.15, 0.2) is 0 Å². The highest BCUT2D eigenvalue weighted by atomic mass is 35.5. The van der Waals surface area contributed by atoms with Crippen LogP contribution in [0.1, 0.15) is 47.7 Å². The monoisotopic (exact) mass is 526 g/mol. The molecule has 0 saturated carbocycles. The molecule has 0 spiro atoms. The Labute approximate surface area is 215 Å². The molecule has 2 N–H and O–H groups in total. The number of likely N-dealkylation sites (tertiary alicyclic amines) is 1. The van der Waals surface area contributed by atoms with Crippen molar-refractivity contribution in [2.75, 3.05) is 26.7 Å². The summed E-state index contributed by atoms with van der Waals surface area (Å²) >= 11 is 14.1. The van der Waals surface area contributed by atoms with Gasteiger partial charge in [0.25, 0.3) is 5.91 Å². The molecule has 186 valence electrons. The van der Waals surface area contributed by atoms with Crippen LogP contribution in [0.4, 0.5) is 4.79 Å². The minimum atomic E-state index is -0.255. The third kappa shape index (κ3) is 7.09. The summed E-state index contributed by atoms with van der Waals surface area (Å²) in [4.78, 5) is 34.3. The lowest BCUT2D eigenvalue weighted by Gasteiger charge is -2.40. The first-order valence-corrected chi connectivity index (χ1v) is 13.1. The van der Waals surface area contributed by atoms with E-state index in [1.165, 1.54) is 7.11 Å². The van der Waals surface area contributed by atoms with Crippen LogP contribution in [-0.2, 0) is 11.4 Å². The Morgan fingerprint density at radius 2 is 1.94 bits per heavy atom. The Morgan fingerprint density at radius 3 is 2.53 bits per heavy atom. The zero-order chi connectivity index (χ0) is 24.7. The fourth-order valence-electron chi connectivity index (χ4n) is 4.31. The van der Waals surface area contributed by atoms with Gasteiger partial charge in [-0.05, 0) is 73.2 Å². The normalized spacial score (nSPS) is 15.7. The summed E-state index contributed by atoms with van der Waals surface area (Å²) in [7, 11) is 1.45. The van der Waals surface area contributed by atoms with Gasteiger partial charge in [-0.1, -0.05) is 23.2 Å². The van der Waals surface area contributed by atoms with Crippen LogP contribution in [0.2, 0.25) is 10.0 Å². The average molecular weight is 528 g/mol. The van der Waals surface area contributed by atoms with Gasteiger partial charge in [-0.15, -0.1) is 0 Å². The Balaban J connectivity index is 1.48. The first kappa shape index (κ1) is 26.8. The number of nitrogens with zero attached hydrogens (tertiary/aromatic N) is 2. The molecule has 2 heterocycles. The molecule has 1 aliphatic rings. The van der Waals surface area contributed by atoms with Gasteiger partial charge < -0.3 is 15.1 Å². The van der Waals surface area contributed by atoms with Gasteiger partial charge in [0.05, 0.1) is 22.7 Å². The minimum absolute atomic E-state index is 0.143. The summed E-state index contributed by atoms with van der Waals surface area (Å²) in [6.07, 6.45) is 2.57. The van der Waals surface area contributed by atoms with Crippen LogP contribution < -0.4 is 10.8 Å². The molecule has 1 aromatic carbocycles. The van der Waals surface area contributed by atoms with Gasteiger partial charge in [0.2, 0.25) is 0 Å². The molecule has 34 heavy (non-hydrogen) atoms. The van der Waals surface area contributed by atoms with Crippen LogP contribution in [0.25, 0.3) is 0 Å². The number of carbonyl (C=O) groups is 2. The SMILES string of the molecule is CONC(=O)N(Cc1ccsc1)C1CCN(C(C)CCNC(=O)c2c(Cl)cc(C)cc2Cl)CC1. The first-order valence-electron chi connectivity index (χ1n) is 11.4. The molecule has 1 aliphatic heterocycles. The van der Waals surface area contributed by atoms with E-state index in [0.717, 1.165) is 43.5 Å². The van der Waals surface area contributed by atoms with Gasteiger partial charge in [0, 0.05) is 38.3 Å². The molecule has 10 heteroatoms. The van der Waals surface area contributed by atoms with Crippen molar-refractivity contribution in [3.05, 3.63) is 55.7 Å². The van der Waals surface area contributed by atoms with Gasteiger partial charge >= 0.3 is 6.03 Å². The predicted molar refractivity (Wildman–Crippen MR) is 138 cm³/mol. The molecular formula is C24H32Cl2N4O3S. The zero-order valence-electron chi connectivity index (χ0n) is 19.8. The summed E-state index contributed by atoms with van der Waals surface area (Å²) in [5, 5.41) is 7.75. The molecule has 1 unspecified atom stereocenters. The fourth-order valence-corrected chi connectivity index (χ4v) is 5.74. The zero-order valence-corrected chi connectivity index (χ0v) is 22.1. The van der Waals surface area contributed by atoms with Crippen LogP contribution in [0.15, 0.2) is 29.0 Å². The molecule has 1 aromatic heterocycles. The Morgan fingerprint density at radius 1 is 1.26 bits per heavy atom. The molecule has 3 rings (SSSR count). The molecule has 1 fully saturated rings. The minimum Gasteiger partial charge on any atom is -0.352 e. The van der Waals surface area contributed by atoms with E-state index in [9.17, 15) is 9.59 Å². The topological polar surface area (TPSA) is 73.9 Å². The highest BCUT2D eigenvalue weighted by Gasteiger charge is 2.30. The van der Waals surface area contributed by atoms with Crippen LogP contribution >= 0.6 is 34.5 Å². The lowest BCUT2D eigenvalue weighted by atomic mass is 10.0. The Kier molecular flexibility index (Phi) is 10.0. The second-order valence-corrected chi connectivity index (χ2v) is 10.2. The van der Waals surface area contributed by atoms with Crippen molar-refractivity contribution < 1.29 is 14.4 Å².